The highest BCUT2D eigenvalue weighted by Gasteiger charge is 2.41. The predicted octanol–water partition coefficient (Wildman–Crippen LogP) is 2.86. The summed E-state index contributed by atoms with van der Waals surface area (Å²) >= 11 is 3.21. The van der Waals surface area contributed by atoms with Crippen LogP contribution in [0, 0.1) is 5.82 Å². The summed E-state index contributed by atoms with van der Waals surface area (Å²) in [6.45, 7) is 2.69. The van der Waals surface area contributed by atoms with Crippen LogP contribution in [0.1, 0.15) is 19.8 Å². The van der Waals surface area contributed by atoms with Crippen molar-refractivity contribution in [3.63, 3.8) is 0 Å². The lowest BCUT2D eigenvalue weighted by atomic mass is 9.86. The van der Waals surface area contributed by atoms with Crippen LogP contribution in [-0.2, 0) is 4.74 Å². The Labute approximate surface area is 115 Å². The molecule has 3 unspecified atom stereocenters. The first-order valence-corrected chi connectivity index (χ1v) is 6.90. The van der Waals surface area contributed by atoms with Crippen LogP contribution in [0.2, 0.25) is 0 Å². The van der Waals surface area contributed by atoms with Gasteiger partial charge in [0.1, 0.15) is 12.2 Å². The molecule has 0 amide bonds. The van der Waals surface area contributed by atoms with Gasteiger partial charge in [0, 0.05) is 23.5 Å². The van der Waals surface area contributed by atoms with Crippen LogP contribution in [0.25, 0.3) is 0 Å². The summed E-state index contributed by atoms with van der Waals surface area (Å²) in [5, 5.41) is 0. The number of nitrogens with two attached hydrogens (primary N) is 1. The van der Waals surface area contributed by atoms with E-state index in [1.165, 1.54) is 6.07 Å². The maximum absolute atomic E-state index is 13.6. The van der Waals surface area contributed by atoms with Gasteiger partial charge in [-0.3, -0.25) is 0 Å². The molecular weight excluding hydrogens is 301 g/mol. The molecule has 3 atom stereocenters. The van der Waals surface area contributed by atoms with Crippen LogP contribution in [0.5, 0.6) is 5.75 Å². The zero-order valence-corrected chi connectivity index (χ0v) is 11.8. The monoisotopic (exact) mass is 317 g/mol. The topological polar surface area (TPSA) is 44.5 Å². The van der Waals surface area contributed by atoms with Crippen molar-refractivity contribution in [2.45, 2.75) is 38.0 Å². The molecule has 2 rings (SSSR count). The van der Waals surface area contributed by atoms with Crippen molar-refractivity contribution in [2.24, 2.45) is 5.73 Å². The maximum atomic E-state index is 13.6. The van der Waals surface area contributed by atoms with Crippen molar-refractivity contribution in [3.8, 4) is 5.75 Å². The molecule has 18 heavy (non-hydrogen) atoms. The van der Waals surface area contributed by atoms with E-state index >= 15 is 0 Å². The van der Waals surface area contributed by atoms with E-state index in [2.05, 4.69) is 15.9 Å². The standard InChI is InChI=1S/C13H17BrFNO2/c1-2-5-17-13-10(16)7-12(13)18-11-4-3-8(14)6-9(11)15/h3-4,6,10,12-13H,2,5,7,16H2,1H3. The molecule has 0 spiro atoms. The fourth-order valence-corrected chi connectivity index (χ4v) is 2.28. The Morgan fingerprint density at radius 2 is 2.28 bits per heavy atom. The largest absolute Gasteiger partial charge is 0.485 e. The van der Waals surface area contributed by atoms with E-state index < -0.39 is 0 Å². The molecular formula is C13H17BrFNO2. The number of hydrogen-bond acceptors (Lipinski definition) is 3. The van der Waals surface area contributed by atoms with Gasteiger partial charge in [-0.2, -0.15) is 0 Å². The predicted molar refractivity (Wildman–Crippen MR) is 71.1 cm³/mol. The second-order valence-corrected chi connectivity index (χ2v) is 5.38. The first-order valence-electron chi connectivity index (χ1n) is 6.10. The van der Waals surface area contributed by atoms with Crippen LogP contribution in [0.3, 0.4) is 0 Å². The average molecular weight is 318 g/mol. The summed E-state index contributed by atoms with van der Waals surface area (Å²) in [4.78, 5) is 0. The highest BCUT2D eigenvalue weighted by Crippen LogP contribution is 2.30. The van der Waals surface area contributed by atoms with Crippen molar-refractivity contribution in [1.29, 1.82) is 0 Å². The minimum Gasteiger partial charge on any atom is -0.485 e. The Hall–Kier alpha value is -0.650. The molecule has 2 N–H and O–H groups in total. The van der Waals surface area contributed by atoms with Crippen molar-refractivity contribution < 1.29 is 13.9 Å². The summed E-state index contributed by atoms with van der Waals surface area (Å²) in [5.74, 6) is -0.126. The summed E-state index contributed by atoms with van der Waals surface area (Å²) in [5.41, 5.74) is 5.86. The molecule has 1 aromatic rings. The van der Waals surface area contributed by atoms with E-state index in [1.54, 1.807) is 12.1 Å². The molecule has 3 nitrogen and oxygen atoms in total. The molecule has 0 aromatic heterocycles. The summed E-state index contributed by atoms with van der Waals surface area (Å²) in [6.07, 6.45) is 1.35. The van der Waals surface area contributed by atoms with Crippen molar-refractivity contribution >= 4 is 15.9 Å². The van der Waals surface area contributed by atoms with Crippen LogP contribution in [-0.4, -0.2) is 24.9 Å². The van der Waals surface area contributed by atoms with E-state index in [0.717, 1.165) is 6.42 Å². The second-order valence-electron chi connectivity index (χ2n) is 4.47. The number of halogens is 2. The fourth-order valence-electron chi connectivity index (χ4n) is 1.95. The molecule has 0 radical (unpaired) electrons. The van der Waals surface area contributed by atoms with Gasteiger partial charge < -0.3 is 15.2 Å². The van der Waals surface area contributed by atoms with Gasteiger partial charge in [-0.1, -0.05) is 22.9 Å². The van der Waals surface area contributed by atoms with Crippen LogP contribution >= 0.6 is 15.9 Å². The Kier molecular flexibility index (Phi) is 4.59. The smallest absolute Gasteiger partial charge is 0.166 e. The summed E-state index contributed by atoms with van der Waals surface area (Å²) < 4.78 is 25.5. The number of hydrogen-bond donors (Lipinski definition) is 1. The number of benzene rings is 1. The average Bonchev–Trinajstić information content (AvgIpc) is 2.32. The van der Waals surface area contributed by atoms with Crippen LogP contribution < -0.4 is 10.5 Å². The Bertz CT molecular complexity index is 416. The first kappa shape index (κ1) is 13.8. The number of ether oxygens (including phenoxy) is 2. The van der Waals surface area contributed by atoms with Crippen molar-refractivity contribution in [2.75, 3.05) is 6.61 Å². The quantitative estimate of drug-likeness (QED) is 0.908. The lowest BCUT2D eigenvalue weighted by Crippen LogP contribution is -2.59. The molecule has 1 fully saturated rings. The van der Waals surface area contributed by atoms with E-state index in [-0.39, 0.29) is 29.8 Å². The van der Waals surface area contributed by atoms with Gasteiger partial charge in [0.05, 0.1) is 0 Å². The molecule has 0 heterocycles. The minimum atomic E-state index is -0.376. The van der Waals surface area contributed by atoms with Crippen LogP contribution in [0.15, 0.2) is 22.7 Å². The minimum absolute atomic E-state index is 0.0138. The van der Waals surface area contributed by atoms with Gasteiger partial charge >= 0.3 is 0 Å². The Balaban J connectivity index is 1.96. The van der Waals surface area contributed by atoms with Gasteiger partial charge in [-0.05, 0) is 24.6 Å². The summed E-state index contributed by atoms with van der Waals surface area (Å²) in [7, 11) is 0. The molecule has 0 bridgehead atoms. The third-order valence-electron chi connectivity index (χ3n) is 2.98. The number of rotatable bonds is 5. The molecule has 100 valence electrons. The molecule has 1 aliphatic rings. The highest BCUT2D eigenvalue weighted by molar-refractivity contribution is 9.10. The Morgan fingerprint density at radius 1 is 1.50 bits per heavy atom. The zero-order valence-electron chi connectivity index (χ0n) is 10.2. The van der Waals surface area contributed by atoms with E-state index in [4.69, 9.17) is 15.2 Å². The molecule has 1 aromatic carbocycles. The van der Waals surface area contributed by atoms with Gasteiger partial charge in [0.2, 0.25) is 0 Å². The summed E-state index contributed by atoms with van der Waals surface area (Å²) in [6, 6.07) is 4.73. The maximum Gasteiger partial charge on any atom is 0.166 e. The second kappa shape index (κ2) is 5.99. The fraction of sp³-hybridized carbons (Fsp3) is 0.538. The lowest BCUT2D eigenvalue weighted by Gasteiger charge is -2.41. The third kappa shape index (κ3) is 3.02. The van der Waals surface area contributed by atoms with Gasteiger partial charge in [0.15, 0.2) is 11.6 Å². The van der Waals surface area contributed by atoms with Gasteiger partial charge in [-0.15, -0.1) is 0 Å². The lowest BCUT2D eigenvalue weighted by molar-refractivity contribution is -0.0989. The highest BCUT2D eigenvalue weighted by atomic mass is 79.9. The van der Waals surface area contributed by atoms with E-state index in [9.17, 15) is 4.39 Å². The van der Waals surface area contributed by atoms with E-state index in [1.807, 2.05) is 6.92 Å². The SMILES string of the molecule is CCCOC1C(N)CC1Oc1ccc(Br)cc1F. The third-order valence-corrected chi connectivity index (χ3v) is 3.47. The van der Waals surface area contributed by atoms with Gasteiger partial charge in [-0.25, -0.2) is 4.39 Å². The van der Waals surface area contributed by atoms with Gasteiger partial charge in [0.25, 0.3) is 0 Å². The molecule has 1 aliphatic carbocycles. The molecule has 5 heteroatoms. The first-order chi connectivity index (χ1) is 8.61. The Morgan fingerprint density at radius 3 is 2.89 bits per heavy atom. The van der Waals surface area contributed by atoms with Crippen molar-refractivity contribution in [3.05, 3.63) is 28.5 Å². The molecule has 1 saturated carbocycles. The zero-order chi connectivity index (χ0) is 13.1. The molecule has 0 aliphatic heterocycles. The normalized spacial score (nSPS) is 26.8. The van der Waals surface area contributed by atoms with E-state index in [0.29, 0.717) is 17.5 Å². The van der Waals surface area contributed by atoms with Crippen molar-refractivity contribution in [1.82, 2.24) is 0 Å². The van der Waals surface area contributed by atoms with Crippen LogP contribution in [0.4, 0.5) is 4.39 Å². The molecule has 0 saturated heterocycles.